The summed E-state index contributed by atoms with van der Waals surface area (Å²) >= 11 is 13.2. The van der Waals surface area contributed by atoms with Gasteiger partial charge in [-0.2, -0.15) is 0 Å². The minimum Gasteiger partial charge on any atom is -0.480 e. The first-order chi connectivity index (χ1) is 10.6. The van der Waals surface area contributed by atoms with Gasteiger partial charge in [0.1, 0.15) is 11.5 Å². The Labute approximate surface area is 142 Å². The van der Waals surface area contributed by atoms with Crippen LogP contribution in [0.1, 0.15) is 10.8 Å². The van der Waals surface area contributed by atoms with Crippen LogP contribution in [0.25, 0.3) is 0 Å². The summed E-state index contributed by atoms with van der Waals surface area (Å²) in [6, 6.07) is 15.4. The molecule has 0 spiro atoms. The molecule has 0 aromatic heterocycles. The van der Waals surface area contributed by atoms with Gasteiger partial charge in [0.2, 0.25) is 0 Å². The van der Waals surface area contributed by atoms with Crippen LogP contribution in [0.5, 0.6) is 0 Å². The molecule has 2 aromatic rings. The van der Waals surface area contributed by atoms with Crippen molar-refractivity contribution in [3.63, 3.8) is 0 Å². The number of hydrogen-bond acceptors (Lipinski definition) is 3. The molecule has 6 heteroatoms. The second-order valence-corrected chi connectivity index (χ2v) is 6.84. The molecule has 1 N–H and O–H groups in total. The normalized spacial score (nSPS) is 17.2. The number of fused-ring (bicyclic) bond motifs is 1. The standard InChI is InChI=1S/C16H12ClNO2S2/c17-11-6-7-13-12(8-11)18(9-14(19)20)16(21)15(22-13)10-4-2-1-3-5-10/h1-8,15H,9H2,(H,19,20). The summed E-state index contributed by atoms with van der Waals surface area (Å²) in [5.41, 5.74) is 1.82. The summed E-state index contributed by atoms with van der Waals surface area (Å²) in [7, 11) is 0. The second-order valence-electron chi connectivity index (χ2n) is 4.84. The number of hydrogen-bond donors (Lipinski definition) is 1. The molecule has 3 rings (SSSR count). The van der Waals surface area contributed by atoms with E-state index >= 15 is 0 Å². The number of anilines is 1. The van der Waals surface area contributed by atoms with E-state index < -0.39 is 5.97 Å². The van der Waals surface area contributed by atoms with Crippen LogP contribution in [0.15, 0.2) is 53.4 Å². The zero-order chi connectivity index (χ0) is 15.7. The minimum absolute atomic E-state index is 0.0794. The fraction of sp³-hybridized carbons (Fsp3) is 0.125. The first-order valence-electron chi connectivity index (χ1n) is 6.60. The average molecular weight is 350 g/mol. The number of nitrogens with zero attached hydrogens (tertiary/aromatic N) is 1. The molecule has 0 radical (unpaired) electrons. The van der Waals surface area contributed by atoms with E-state index in [0.717, 1.165) is 16.1 Å². The van der Waals surface area contributed by atoms with E-state index in [1.807, 2.05) is 42.5 Å². The Balaban J connectivity index is 2.06. The van der Waals surface area contributed by atoms with Gasteiger partial charge in [0.15, 0.2) is 0 Å². The number of carbonyl (C=O) groups is 1. The topological polar surface area (TPSA) is 40.5 Å². The van der Waals surface area contributed by atoms with Crippen molar-refractivity contribution in [3.8, 4) is 0 Å². The summed E-state index contributed by atoms with van der Waals surface area (Å²) < 4.78 is 0. The first-order valence-corrected chi connectivity index (χ1v) is 8.27. The number of rotatable bonds is 3. The maximum atomic E-state index is 11.2. The van der Waals surface area contributed by atoms with Crippen molar-refractivity contribution in [1.29, 1.82) is 0 Å². The smallest absolute Gasteiger partial charge is 0.323 e. The Bertz CT molecular complexity index is 736. The molecule has 1 aliphatic heterocycles. The summed E-state index contributed by atoms with van der Waals surface area (Å²) in [5.74, 6) is -0.924. The molecule has 0 bridgehead atoms. The van der Waals surface area contributed by atoms with Crippen LogP contribution in [0.4, 0.5) is 5.69 Å². The zero-order valence-electron chi connectivity index (χ0n) is 11.4. The molecule has 3 nitrogen and oxygen atoms in total. The maximum Gasteiger partial charge on any atom is 0.323 e. The lowest BCUT2D eigenvalue weighted by molar-refractivity contribution is -0.135. The van der Waals surface area contributed by atoms with Gasteiger partial charge in [0, 0.05) is 9.92 Å². The monoisotopic (exact) mass is 349 g/mol. The molecule has 2 aromatic carbocycles. The van der Waals surface area contributed by atoms with Crippen molar-refractivity contribution in [1.82, 2.24) is 0 Å². The second kappa shape index (κ2) is 6.28. The maximum absolute atomic E-state index is 11.2. The highest BCUT2D eigenvalue weighted by Crippen LogP contribution is 2.47. The fourth-order valence-corrected chi connectivity index (χ4v) is 4.20. The molecule has 1 aliphatic rings. The van der Waals surface area contributed by atoms with E-state index in [2.05, 4.69) is 0 Å². The Morgan fingerprint density at radius 1 is 1.27 bits per heavy atom. The lowest BCUT2D eigenvalue weighted by Crippen LogP contribution is -2.39. The van der Waals surface area contributed by atoms with E-state index in [1.54, 1.807) is 22.7 Å². The molecule has 112 valence electrons. The highest BCUT2D eigenvalue weighted by atomic mass is 35.5. The van der Waals surface area contributed by atoms with Crippen LogP contribution < -0.4 is 4.90 Å². The van der Waals surface area contributed by atoms with Crippen LogP contribution in [0.2, 0.25) is 5.02 Å². The Morgan fingerprint density at radius 3 is 2.68 bits per heavy atom. The van der Waals surface area contributed by atoms with E-state index in [-0.39, 0.29) is 11.8 Å². The van der Waals surface area contributed by atoms with Crippen LogP contribution in [-0.2, 0) is 4.79 Å². The van der Waals surface area contributed by atoms with Gasteiger partial charge in [0.25, 0.3) is 0 Å². The summed E-state index contributed by atoms with van der Waals surface area (Å²) in [4.78, 5) is 14.4. The third-order valence-electron chi connectivity index (χ3n) is 3.34. The summed E-state index contributed by atoms with van der Waals surface area (Å²) in [6.07, 6.45) is 0. The molecule has 22 heavy (non-hydrogen) atoms. The molecular weight excluding hydrogens is 338 g/mol. The van der Waals surface area contributed by atoms with Crippen molar-refractivity contribution >= 4 is 52.2 Å². The zero-order valence-corrected chi connectivity index (χ0v) is 13.8. The molecule has 0 amide bonds. The van der Waals surface area contributed by atoms with Gasteiger partial charge in [0.05, 0.1) is 10.9 Å². The third kappa shape index (κ3) is 2.97. The lowest BCUT2D eigenvalue weighted by atomic mass is 10.1. The van der Waals surface area contributed by atoms with E-state index in [0.29, 0.717) is 10.0 Å². The molecule has 0 saturated heterocycles. The van der Waals surface area contributed by atoms with Gasteiger partial charge in [-0.05, 0) is 23.8 Å². The number of thiocarbonyl (C=S) groups is 1. The molecule has 1 atom stereocenters. The third-order valence-corrected chi connectivity index (χ3v) is 5.51. The van der Waals surface area contributed by atoms with Gasteiger partial charge in [-0.3, -0.25) is 4.79 Å². The summed E-state index contributed by atoms with van der Waals surface area (Å²) in [6.45, 7) is -0.171. The highest BCUT2D eigenvalue weighted by Gasteiger charge is 2.32. The Kier molecular flexibility index (Phi) is 4.38. The van der Waals surface area contributed by atoms with E-state index in [4.69, 9.17) is 23.8 Å². The molecule has 0 aliphatic carbocycles. The van der Waals surface area contributed by atoms with Crippen molar-refractivity contribution < 1.29 is 9.90 Å². The van der Waals surface area contributed by atoms with Crippen molar-refractivity contribution in [3.05, 3.63) is 59.1 Å². The van der Waals surface area contributed by atoms with Crippen molar-refractivity contribution in [2.24, 2.45) is 0 Å². The predicted octanol–water partition coefficient (Wildman–Crippen LogP) is 4.41. The molecular formula is C16H12ClNO2S2. The van der Waals surface area contributed by atoms with Crippen LogP contribution in [0.3, 0.4) is 0 Å². The minimum atomic E-state index is -0.924. The fourth-order valence-electron chi connectivity index (χ4n) is 2.38. The van der Waals surface area contributed by atoms with Gasteiger partial charge in [-0.25, -0.2) is 0 Å². The van der Waals surface area contributed by atoms with Gasteiger partial charge in [-0.15, -0.1) is 11.8 Å². The van der Waals surface area contributed by atoms with Gasteiger partial charge >= 0.3 is 5.97 Å². The average Bonchev–Trinajstić information content (AvgIpc) is 2.51. The predicted molar refractivity (Wildman–Crippen MR) is 94.1 cm³/mol. The largest absolute Gasteiger partial charge is 0.480 e. The van der Waals surface area contributed by atoms with Gasteiger partial charge in [-0.1, -0.05) is 54.2 Å². The van der Waals surface area contributed by atoms with Crippen LogP contribution >= 0.6 is 35.6 Å². The number of carboxylic acids is 1. The number of benzene rings is 2. The van der Waals surface area contributed by atoms with E-state index in [9.17, 15) is 9.90 Å². The van der Waals surface area contributed by atoms with Crippen molar-refractivity contribution in [2.45, 2.75) is 10.1 Å². The SMILES string of the molecule is O=C(O)CN1C(=S)C(c2ccccc2)Sc2ccc(Cl)cc21. The van der Waals surface area contributed by atoms with Crippen LogP contribution in [0, 0.1) is 0 Å². The lowest BCUT2D eigenvalue weighted by Gasteiger charge is -2.35. The number of halogens is 1. The molecule has 0 saturated carbocycles. The summed E-state index contributed by atoms with van der Waals surface area (Å²) in [5, 5.41) is 9.68. The first kappa shape index (κ1) is 15.3. The van der Waals surface area contributed by atoms with E-state index in [1.165, 1.54) is 0 Å². The Hall–Kier alpha value is -1.56. The molecule has 1 heterocycles. The highest BCUT2D eigenvalue weighted by molar-refractivity contribution is 8.01. The van der Waals surface area contributed by atoms with Crippen LogP contribution in [-0.4, -0.2) is 22.6 Å². The number of aliphatic carboxylic acids is 1. The quantitative estimate of drug-likeness (QED) is 0.831. The Morgan fingerprint density at radius 2 is 2.00 bits per heavy atom. The number of carboxylic acid groups (broad SMARTS) is 1. The molecule has 0 fully saturated rings. The van der Waals surface area contributed by atoms with Gasteiger partial charge < -0.3 is 10.0 Å². The van der Waals surface area contributed by atoms with Crippen molar-refractivity contribution in [2.75, 3.05) is 11.4 Å². The molecule has 1 unspecified atom stereocenters. The number of thioether (sulfide) groups is 1.